The molecule has 3 aromatic heterocycles. The molecule has 0 amide bonds. The van der Waals surface area contributed by atoms with E-state index in [-0.39, 0.29) is 10.8 Å². The van der Waals surface area contributed by atoms with E-state index in [0.717, 1.165) is 0 Å². The molecule has 0 aliphatic heterocycles. The molecule has 0 saturated heterocycles. The minimum Gasteiger partial charge on any atom is -0.461 e. The summed E-state index contributed by atoms with van der Waals surface area (Å²) in [5.41, 5.74) is 0.527. The zero-order valence-electron chi connectivity index (χ0n) is 14.6. The van der Waals surface area contributed by atoms with Gasteiger partial charge in [0.1, 0.15) is 5.82 Å². The van der Waals surface area contributed by atoms with Crippen LogP contribution in [0.15, 0.2) is 69.7 Å². The van der Waals surface area contributed by atoms with Gasteiger partial charge in [0.25, 0.3) is 5.56 Å². The van der Waals surface area contributed by atoms with E-state index in [1.807, 2.05) is 35.8 Å². The lowest BCUT2D eigenvalue weighted by molar-refractivity contribution is 0.569. The summed E-state index contributed by atoms with van der Waals surface area (Å²) in [5.74, 6) is 1.87. The molecule has 1 aromatic carbocycles. The molecule has 0 bridgehead atoms. The van der Waals surface area contributed by atoms with Crippen LogP contribution in [0.25, 0.3) is 22.5 Å². The van der Waals surface area contributed by atoms with Crippen LogP contribution in [-0.2, 0) is 6.54 Å². The topological polar surface area (TPSA) is 89.6 Å². The first kappa shape index (κ1) is 17.3. The largest absolute Gasteiger partial charge is 0.461 e. The molecule has 1 atom stereocenters. The first-order chi connectivity index (χ1) is 13.2. The van der Waals surface area contributed by atoms with Crippen LogP contribution in [-0.4, -0.2) is 24.7 Å². The molecule has 0 aliphatic rings. The van der Waals surface area contributed by atoms with E-state index >= 15 is 0 Å². The van der Waals surface area contributed by atoms with E-state index in [1.165, 1.54) is 11.8 Å². The first-order valence-corrected chi connectivity index (χ1v) is 9.29. The third kappa shape index (κ3) is 3.31. The van der Waals surface area contributed by atoms with Gasteiger partial charge in [0.2, 0.25) is 5.82 Å². The Hall–Kier alpha value is -3.13. The third-order valence-corrected chi connectivity index (χ3v) is 5.16. The molecule has 0 spiro atoms. The number of thioether (sulfide) groups is 1. The van der Waals surface area contributed by atoms with Gasteiger partial charge in [-0.05, 0) is 31.2 Å². The predicted molar refractivity (Wildman–Crippen MR) is 105 cm³/mol. The SMILES string of the molecule is C=CCn1c(SC(C)c2nc3ccccc3c(=O)[nH]2)nnc1-c1ccco1. The zero-order valence-corrected chi connectivity index (χ0v) is 15.4. The summed E-state index contributed by atoms with van der Waals surface area (Å²) in [6.07, 6.45) is 3.38. The molecule has 27 heavy (non-hydrogen) atoms. The van der Waals surface area contributed by atoms with E-state index in [1.54, 1.807) is 24.5 Å². The fraction of sp³-hybridized carbons (Fsp3) is 0.158. The Kier molecular flexibility index (Phi) is 4.64. The van der Waals surface area contributed by atoms with E-state index in [4.69, 9.17) is 4.42 Å². The molecule has 0 aliphatic carbocycles. The summed E-state index contributed by atoms with van der Waals surface area (Å²) in [5, 5.41) is 9.69. The van der Waals surface area contributed by atoms with Crippen LogP contribution in [0.2, 0.25) is 0 Å². The number of H-pyrrole nitrogens is 1. The number of hydrogen-bond acceptors (Lipinski definition) is 6. The molecule has 1 unspecified atom stereocenters. The van der Waals surface area contributed by atoms with Crippen molar-refractivity contribution in [3.63, 3.8) is 0 Å². The van der Waals surface area contributed by atoms with Crippen molar-refractivity contribution in [2.24, 2.45) is 0 Å². The number of allylic oxidation sites excluding steroid dienone is 1. The van der Waals surface area contributed by atoms with E-state index < -0.39 is 0 Å². The molecule has 4 aromatic rings. The minimum absolute atomic E-state index is 0.125. The fourth-order valence-electron chi connectivity index (χ4n) is 2.77. The predicted octanol–water partition coefficient (Wildman–Crippen LogP) is 3.81. The Labute approximate surface area is 159 Å². The Morgan fingerprint density at radius 1 is 1.30 bits per heavy atom. The lowest BCUT2D eigenvalue weighted by Crippen LogP contribution is -2.13. The molecule has 7 nitrogen and oxygen atoms in total. The highest BCUT2D eigenvalue weighted by molar-refractivity contribution is 7.99. The van der Waals surface area contributed by atoms with Crippen LogP contribution in [0, 0.1) is 0 Å². The van der Waals surface area contributed by atoms with Gasteiger partial charge in [0, 0.05) is 6.54 Å². The maximum Gasteiger partial charge on any atom is 0.258 e. The summed E-state index contributed by atoms with van der Waals surface area (Å²) in [6.45, 7) is 6.32. The molecular formula is C19H17N5O2S. The molecule has 3 heterocycles. The maximum atomic E-state index is 12.3. The standard InChI is InChI=1S/C19H17N5O2S/c1-3-10-24-17(15-9-6-11-26-15)22-23-19(24)27-12(2)16-20-14-8-5-4-7-13(14)18(25)21-16/h3-9,11-12H,1,10H2,2H3,(H,20,21,25). The quantitative estimate of drug-likeness (QED) is 0.405. The number of rotatable bonds is 6. The lowest BCUT2D eigenvalue weighted by atomic mass is 10.2. The van der Waals surface area contributed by atoms with Crippen molar-refractivity contribution in [2.45, 2.75) is 23.9 Å². The maximum absolute atomic E-state index is 12.3. The molecular weight excluding hydrogens is 362 g/mol. The highest BCUT2D eigenvalue weighted by Gasteiger charge is 2.20. The second kappa shape index (κ2) is 7.24. The minimum atomic E-state index is -0.146. The molecule has 1 N–H and O–H groups in total. The second-order valence-corrected chi connectivity index (χ2v) is 7.22. The van der Waals surface area contributed by atoms with Gasteiger partial charge in [-0.3, -0.25) is 9.36 Å². The van der Waals surface area contributed by atoms with Crippen LogP contribution in [0.5, 0.6) is 0 Å². The van der Waals surface area contributed by atoms with Crippen molar-refractivity contribution in [1.29, 1.82) is 0 Å². The second-order valence-electron chi connectivity index (χ2n) is 5.91. The Bertz CT molecular complexity index is 1150. The number of benzene rings is 1. The highest BCUT2D eigenvalue weighted by atomic mass is 32.2. The van der Waals surface area contributed by atoms with Gasteiger partial charge in [-0.15, -0.1) is 16.8 Å². The number of aromatic nitrogens is 5. The number of nitrogens with zero attached hydrogens (tertiary/aromatic N) is 4. The van der Waals surface area contributed by atoms with Gasteiger partial charge in [0.05, 0.1) is 22.4 Å². The number of para-hydroxylation sites is 1. The van der Waals surface area contributed by atoms with Crippen molar-refractivity contribution in [3.05, 3.63) is 71.5 Å². The molecule has 136 valence electrons. The monoisotopic (exact) mass is 379 g/mol. The fourth-order valence-corrected chi connectivity index (χ4v) is 3.68. The number of aromatic amines is 1. The van der Waals surface area contributed by atoms with Crippen molar-refractivity contribution in [2.75, 3.05) is 0 Å². The summed E-state index contributed by atoms with van der Waals surface area (Å²) in [4.78, 5) is 19.8. The number of nitrogens with one attached hydrogen (secondary N) is 1. The van der Waals surface area contributed by atoms with Gasteiger partial charge in [-0.25, -0.2) is 4.98 Å². The highest BCUT2D eigenvalue weighted by Crippen LogP contribution is 2.34. The van der Waals surface area contributed by atoms with Gasteiger partial charge >= 0.3 is 0 Å². The molecule has 0 radical (unpaired) electrons. The number of fused-ring (bicyclic) bond motifs is 1. The van der Waals surface area contributed by atoms with Gasteiger partial charge < -0.3 is 9.40 Å². The Morgan fingerprint density at radius 2 is 2.15 bits per heavy atom. The summed E-state index contributed by atoms with van der Waals surface area (Å²) < 4.78 is 7.37. The van der Waals surface area contributed by atoms with Crippen molar-refractivity contribution < 1.29 is 4.42 Å². The Morgan fingerprint density at radius 3 is 2.93 bits per heavy atom. The molecule has 0 fully saturated rings. The third-order valence-electron chi connectivity index (χ3n) is 4.07. The van der Waals surface area contributed by atoms with Gasteiger partial charge in [-0.1, -0.05) is 30.0 Å². The average Bonchev–Trinajstić information content (AvgIpc) is 3.32. The lowest BCUT2D eigenvalue weighted by Gasteiger charge is -2.12. The summed E-state index contributed by atoms with van der Waals surface area (Å²) >= 11 is 1.47. The summed E-state index contributed by atoms with van der Waals surface area (Å²) in [6, 6.07) is 10.9. The Balaban J connectivity index is 1.68. The van der Waals surface area contributed by atoms with Crippen LogP contribution in [0.3, 0.4) is 0 Å². The van der Waals surface area contributed by atoms with Crippen molar-refractivity contribution in [1.82, 2.24) is 24.7 Å². The van der Waals surface area contributed by atoms with Crippen molar-refractivity contribution >= 4 is 22.7 Å². The van der Waals surface area contributed by atoms with Crippen LogP contribution in [0.1, 0.15) is 18.0 Å². The van der Waals surface area contributed by atoms with Crippen LogP contribution < -0.4 is 5.56 Å². The molecule has 4 rings (SSSR count). The number of furan rings is 1. The van der Waals surface area contributed by atoms with Gasteiger partial charge in [-0.2, -0.15) is 0 Å². The van der Waals surface area contributed by atoms with E-state index in [2.05, 4.69) is 26.7 Å². The van der Waals surface area contributed by atoms with Crippen molar-refractivity contribution in [3.8, 4) is 11.6 Å². The average molecular weight is 379 g/mol. The first-order valence-electron chi connectivity index (χ1n) is 8.41. The van der Waals surface area contributed by atoms with E-state index in [0.29, 0.717) is 40.0 Å². The van der Waals surface area contributed by atoms with Crippen LogP contribution in [0.4, 0.5) is 0 Å². The zero-order chi connectivity index (χ0) is 18.8. The van der Waals surface area contributed by atoms with Crippen LogP contribution >= 0.6 is 11.8 Å². The molecule has 8 heteroatoms. The normalized spacial score (nSPS) is 12.3. The van der Waals surface area contributed by atoms with Gasteiger partial charge in [0.15, 0.2) is 10.9 Å². The van der Waals surface area contributed by atoms with E-state index in [9.17, 15) is 4.79 Å². The summed E-state index contributed by atoms with van der Waals surface area (Å²) in [7, 11) is 0. The smallest absolute Gasteiger partial charge is 0.258 e. The molecule has 0 saturated carbocycles. The number of hydrogen-bond donors (Lipinski definition) is 1.